The highest BCUT2D eigenvalue weighted by Gasteiger charge is 2.20. The molecule has 0 fully saturated rings. The van der Waals surface area contributed by atoms with Gasteiger partial charge in [0, 0.05) is 5.56 Å². The molecule has 5 heteroatoms. The van der Waals surface area contributed by atoms with Gasteiger partial charge in [-0.2, -0.15) is 5.26 Å². The standard InChI is InChI=1S/C16H13NO3S/c1-12-5-7-15(8-6-12)21(19,20)11-16(18)14-4-2-3-13(9-14)10-17/h2-9H,11H2,1H3. The van der Waals surface area contributed by atoms with Gasteiger partial charge in [0.15, 0.2) is 15.6 Å². The zero-order valence-corrected chi connectivity index (χ0v) is 12.2. The molecule has 2 aromatic carbocycles. The van der Waals surface area contributed by atoms with Crippen molar-refractivity contribution in [3.63, 3.8) is 0 Å². The molecular weight excluding hydrogens is 286 g/mol. The molecule has 106 valence electrons. The number of Topliss-reactive ketones (excluding diaryl/α,β-unsaturated/α-hetero) is 1. The Morgan fingerprint density at radius 3 is 2.43 bits per heavy atom. The molecule has 0 unspecified atom stereocenters. The molecule has 0 saturated carbocycles. The van der Waals surface area contributed by atoms with Gasteiger partial charge in [0.25, 0.3) is 0 Å². The van der Waals surface area contributed by atoms with Gasteiger partial charge in [0.1, 0.15) is 5.75 Å². The molecule has 0 bridgehead atoms. The molecular formula is C16H13NO3S. The normalized spacial score (nSPS) is 10.9. The quantitative estimate of drug-likeness (QED) is 0.813. The molecule has 0 aliphatic rings. The molecule has 0 atom stereocenters. The van der Waals surface area contributed by atoms with Crippen molar-refractivity contribution in [1.29, 1.82) is 5.26 Å². The fourth-order valence-corrected chi connectivity index (χ4v) is 3.08. The van der Waals surface area contributed by atoms with E-state index in [-0.39, 0.29) is 10.5 Å². The predicted octanol–water partition coefficient (Wildman–Crippen LogP) is 2.52. The highest BCUT2D eigenvalue weighted by atomic mass is 32.2. The Balaban J connectivity index is 2.26. The fraction of sp³-hybridized carbons (Fsp3) is 0.125. The van der Waals surface area contributed by atoms with E-state index in [4.69, 9.17) is 5.26 Å². The van der Waals surface area contributed by atoms with Crippen LogP contribution in [0, 0.1) is 18.3 Å². The SMILES string of the molecule is Cc1ccc(S(=O)(=O)CC(=O)c2cccc(C#N)c2)cc1. The number of aryl methyl sites for hydroxylation is 1. The zero-order valence-electron chi connectivity index (χ0n) is 11.4. The van der Waals surface area contributed by atoms with E-state index in [1.54, 1.807) is 24.3 Å². The van der Waals surface area contributed by atoms with E-state index in [1.807, 2.05) is 13.0 Å². The van der Waals surface area contributed by atoms with Crippen LogP contribution in [0.1, 0.15) is 21.5 Å². The number of nitriles is 1. The minimum absolute atomic E-state index is 0.123. The van der Waals surface area contributed by atoms with Crippen molar-refractivity contribution in [3.8, 4) is 6.07 Å². The molecule has 0 radical (unpaired) electrons. The molecule has 2 aromatic rings. The van der Waals surface area contributed by atoms with Crippen LogP contribution in [0.25, 0.3) is 0 Å². The van der Waals surface area contributed by atoms with Crippen LogP contribution in [0.3, 0.4) is 0 Å². The van der Waals surface area contributed by atoms with Crippen molar-refractivity contribution < 1.29 is 13.2 Å². The summed E-state index contributed by atoms with van der Waals surface area (Å²) in [4.78, 5) is 12.2. The monoisotopic (exact) mass is 299 g/mol. The topological polar surface area (TPSA) is 75.0 Å². The summed E-state index contributed by atoms with van der Waals surface area (Å²) >= 11 is 0. The lowest BCUT2D eigenvalue weighted by molar-refractivity contribution is 0.102. The molecule has 0 heterocycles. The summed E-state index contributed by atoms with van der Waals surface area (Å²) in [5.74, 6) is -1.13. The van der Waals surface area contributed by atoms with E-state index in [2.05, 4.69) is 0 Å². The minimum Gasteiger partial charge on any atom is -0.293 e. The maximum atomic E-state index is 12.2. The Labute approximate surface area is 123 Å². The predicted molar refractivity (Wildman–Crippen MR) is 78.7 cm³/mol. The van der Waals surface area contributed by atoms with Crippen molar-refractivity contribution in [2.75, 3.05) is 5.75 Å². The molecule has 4 nitrogen and oxygen atoms in total. The third-order valence-corrected chi connectivity index (χ3v) is 4.65. The molecule has 0 saturated heterocycles. The molecule has 0 N–H and O–H groups in total. The first-order valence-electron chi connectivity index (χ1n) is 6.25. The van der Waals surface area contributed by atoms with Crippen molar-refractivity contribution >= 4 is 15.6 Å². The van der Waals surface area contributed by atoms with Crippen molar-refractivity contribution in [3.05, 3.63) is 65.2 Å². The number of hydrogen-bond donors (Lipinski definition) is 0. The zero-order chi connectivity index (χ0) is 15.5. The smallest absolute Gasteiger partial charge is 0.185 e. The number of carbonyl (C=O) groups excluding carboxylic acids is 1. The van der Waals surface area contributed by atoms with E-state index in [9.17, 15) is 13.2 Å². The Bertz CT molecular complexity index is 815. The second kappa shape index (κ2) is 5.90. The van der Waals surface area contributed by atoms with Crippen molar-refractivity contribution in [2.45, 2.75) is 11.8 Å². The molecule has 21 heavy (non-hydrogen) atoms. The van der Waals surface area contributed by atoms with Gasteiger partial charge in [0.2, 0.25) is 0 Å². The largest absolute Gasteiger partial charge is 0.293 e. The highest BCUT2D eigenvalue weighted by Crippen LogP contribution is 2.14. The van der Waals surface area contributed by atoms with Gasteiger partial charge in [-0.25, -0.2) is 8.42 Å². The average molecular weight is 299 g/mol. The lowest BCUT2D eigenvalue weighted by Gasteiger charge is -2.05. The van der Waals surface area contributed by atoms with Gasteiger partial charge < -0.3 is 0 Å². The first-order valence-corrected chi connectivity index (χ1v) is 7.90. The third-order valence-electron chi connectivity index (χ3n) is 3.01. The molecule has 0 spiro atoms. The lowest BCUT2D eigenvalue weighted by Crippen LogP contribution is -2.16. The third kappa shape index (κ3) is 3.56. The summed E-state index contributed by atoms with van der Waals surface area (Å²) in [5.41, 5.74) is 1.50. The van der Waals surface area contributed by atoms with Crippen LogP contribution in [0.5, 0.6) is 0 Å². The molecule has 0 amide bonds. The number of benzene rings is 2. The minimum atomic E-state index is -3.68. The maximum absolute atomic E-state index is 12.2. The van der Waals surface area contributed by atoms with Gasteiger partial charge in [0.05, 0.1) is 16.5 Å². The molecule has 0 aliphatic carbocycles. The Hall–Kier alpha value is -2.45. The number of carbonyl (C=O) groups is 1. The lowest BCUT2D eigenvalue weighted by atomic mass is 10.1. The summed E-state index contributed by atoms with van der Waals surface area (Å²) < 4.78 is 24.4. The Morgan fingerprint density at radius 2 is 1.81 bits per heavy atom. The van der Waals surface area contributed by atoms with Crippen LogP contribution in [0.4, 0.5) is 0 Å². The van der Waals surface area contributed by atoms with E-state index in [0.29, 0.717) is 5.56 Å². The van der Waals surface area contributed by atoms with Crippen molar-refractivity contribution in [2.24, 2.45) is 0 Å². The first kappa shape index (κ1) is 14.9. The summed E-state index contributed by atoms with van der Waals surface area (Å²) in [6, 6.07) is 14.3. The van der Waals surface area contributed by atoms with E-state index < -0.39 is 21.4 Å². The van der Waals surface area contributed by atoms with E-state index >= 15 is 0 Å². The van der Waals surface area contributed by atoms with Crippen molar-refractivity contribution in [1.82, 2.24) is 0 Å². The summed E-state index contributed by atoms with van der Waals surface area (Å²) in [7, 11) is -3.68. The van der Waals surface area contributed by atoms with Crippen LogP contribution in [0.2, 0.25) is 0 Å². The van der Waals surface area contributed by atoms with Crippen LogP contribution in [0.15, 0.2) is 53.4 Å². The summed E-state index contributed by atoms with van der Waals surface area (Å²) in [6.07, 6.45) is 0. The second-order valence-electron chi connectivity index (χ2n) is 4.69. The number of hydrogen-bond acceptors (Lipinski definition) is 4. The number of rotatable bonds is 4. The van der Waals surface area contributed by atoms with Gasteiger partial charge in [-0.1, -0.05) is 29.8 Å². The molecule has 0 aromatic heterocycles. The van der Waals surface area contributed by atoms with Crippen LogP contribution >= 0.6 is 0 Å². The van der Waals surface area contributed by atoms with Gasteiger partial charge in [-0.3, -0.25) is 4.79 Å². The van der Waals surface area contributed by atoms with E-state index in [0.717, 1.165) is 5.56 Å². The summed E-state index contributed by atoms with van der Waals surface area (Å²) in [6.45, 7) is 1.86. The van der Waals surface area contributed by atoms with Crippen LogP contribution in [-0.2, 0) is 9.84 Å². The second-order valence-corrected chi connectivity index (χ2v) is 6.68. The maximum Gasteiger partial charge on any atom is 0.185 e. The summed E-state index contributed by atoms with van der Waals surface area (Å²) in [5, 5.41) is 8.80. The van der Waals surface area contributed by atoms with Crippen LogP contribution < -0.4 is 0 Å². The first-order chi connectivity index (χ1) is 9.92. The van der Waals surface area contributed by atoms with Gasteiger partial charge in [-0.15, -0.1) is 0 Å². The fourth-order valence-electron chi connectivity index (χ4n) is 1.85. The van der Waals surface area contributed by atoms with Crippen LogP contribution in [-0.4, -0.2) is 20.0 Å². The van der Waals surface area contributed by atoms with E-state index in [1.165, 1.54) is 24.3 Å². The Kier molecular flexibility index (Phi) is 4.20. The average Bonchev–Trinajstić information content (AvgIpc) is 2.47. The van der Waals surface area contributed by atoms with Gasteiger partial charge in [-0.05, 0) is 31.2 Å². The Morgan fingerprint density at radius 1 is 1.14 bits per heavy atom. The number of ketones is 1. The number of nitrogens with zero attached hydrogens (tertiary/aromatic N) is 1. The van der Waals surface area contributed by atoms with Gasteiger partial charge >= 0.3 is 0 Å². The molecule has 0 aliphatic heterocycles. The number of sulfone groups is 1. The molecule has 2 rings (SSSR count). The highest BCUT2D eigenvalue weighted by molar-refractivity contribution is 7.92.